The first-order chi connectivity index (χ1) is 9.15. The van der Waals surface area contributed by atoms with Crippen molar-refractivity contribution in [1.82, 2.24) is 0 Å². The molecular formula is C16H16FNO. The lowest BCUT2D eigenvalue weighted by atomic mass is 9.93. The summed E-state index contributed by atoms with van der Waals surface area (Å²) in [6.07, 6.45) is 0.486. The van der Waals surface area contributed by atoms with Gasteiger partial charge in [-0.1, -0.05) is 30.3 Å². The van der Waals surface area contributed by atoms with Crippen molar-refractivity contribution in [2.45, 2.75) is 25.5 Å². The van der Waals surface area contributed by atoms with Crippen molar-refractivity contribution in [3.63, 3.8) is 0 Å². The van der Waals surface area contributed by atoms with Crippen LogP contribution in [0.4, 0.5) is 4.39 Å². The molecule has 19 heavy (non-hydrogen) atoms. The fraction of sp³-hybridized carbons (Fsp3) is 0.250. The van der Waals surface area contributed by atoms with E-state index in [1.165, 1.54) is 0 Å². The highest BCUT2D eigenvalue weighted by Crippen LogP contribution is 2.39. The summed E-state index contributed by atoms with van der Waals surface area (Å²) in [6.45, 7) is 1.75. The Hall–Kier alpha value is -1.87. The van der Waals surface area contributed by atoms with Gasteiger partial charge in [0.05, 0.1) is 0 Å². The maximum atomic E-state index is 13.6. The van der Waals surface area contributed by atoms with E-state index in [4.69, 9.17) is 10.5 Å². The van der Waals surface area contributed by atoms with Crippen LogP contribution in [0.25, 0.3) is 0 Å². The molecule has 0 fully saturated rings. The van der Waals surface area contributed by atoms with Gasteiger partial charge in [0, 0.05) is 18.0 Å². The molecule has 2 nitrogen and oxygen atoms in total. The molecule has 0 bridgehead atoms. The maximum absolute atomic E-state index is 13.6. The van der Waals surface area contributed by atoms with Gasteiger partial charge in [0.25, 0.3) is 0 Å². The SMILES string of the molecule is Cc1ccc(C2C[C@@H](N)c3ccccc3O2)cc1F. The highest BCUT2D eigenvalue weighted by molar-refractivity contribution is 5.39. The van der Waals surface area contributed by atoms with Gasteiger partial charge in [-0.2, -0.15) is 0 Å². The number of nitrogens with two attached hydrogens (primary N) is 1. The third-order valence-electron chi connectivity index (χ3n) is 3.62. The molecule has 3 heteroatoms. The molecule has 1 aliphatic rings. The van der Waals surface area contributed by atoms with Gasteiger partial charge in [0.1, 0.15) is 17.7 Å². The zero-order valence-electron chi connectivity index (χ0n) is 10.8. The summed E-state index contributed by atoms with van der Waals surface area (Å²) in [7, 11) is 0. The second kappa shape index (κ2) is 4.67. The number of rotatable bonds is 1. The first kappa shape index (κ1) is 12.2. The minimum atomic E-state index is -0.200. The summed E-state index contributed by atoms with van der Waals surface area (Å²) in [6, 6.07) is 12.9. The Labute approximate surface area is 112 Å². The number of halogens is 1. The summed E-state index contributed by atoms with van der Waals surface area (Å²) in [5, 5.41) is 0. The minimum absolute atomic E-state index is 0.0701. The Morgan fingerprint density at radius 2 is 2.00 bits per heavy atom. The van der Waals surface area contributed by atoms with Gasteiger partial charge in [0.15, 0.2) is 0 Å². The molecule has 1 heterocycles. The van der Waals surface area contributed by atoms with Crippen LogP contribution >= 0.6 is 0 Å². The number of benzene rings is 2. The topological polar surface area (TPSA) is 35.2 Å². The average molecular weight is 257 g/mol. The second-order valence-electron chi connectivity index (χ2n) is 5.00. The Morgan fingerprint density at radius 1 is 1.21 bits per heavy atom. The molecule has 2 aromatic carbocycles. The molecule has 0 spiro atoms. The lowest BCUT2D eigenvalue weighted by Gasteiger charge is -2.30. The molecule has 0 aromatic heterocycles. The number of hydrogen-bond acceptors (Lipinski definition) is 2. The lowest BCUT2D eigenvalue weighted by Crippen LogP contribution is -2.24. The van der Waals surface area contributed by atoms with Gasteiger partial charge in [-0.3, -0.25) is 0 Å². The third kappa shape index (κ3) is 2.22. The fourth-order valence-corrected chi connectivity index (χ4v) is 2.47. The van der Waals surface area contributed by atoms with Crippen LogP contribution in [0.3, 0.4) is 0 Å². The van der Waals surface area contributed by atoms with E-state index in [2.05, 4.69) is 0 Å². The van der Waals surface area contributed by atoms with Crippen LogP contribution in [-0.2, 0) is 0 Å². The van der Waals surface area contributed by atoms with Crippen LogP contribution in [0.2, 0.25) is 0 Å². The molecule has 0 saturated heterocycles. The molecular weight excluding hydrogens is 241 g/mol. The summed E-state index contributed by atoms with van der Waals surface area (Å²) in [5.74, 6) is 0.598. The number of para-hydroxylation sites is 1. The van der Waals surface area contributed by atoms with Crippen LogP contribution in [0.1, 0.15) is 35.3 Å². The van der Waals surface area contributed by atoms with Crippen molar-refractivity contribution in [3.05, 3.63) is 65.0 Å². The molecule has 2 aromatic rings. The molecule has 0 aliphatic carbocycles. The summed E-state index contributed by atoms with van der Waals surface area (Å²) >= 11 is 0. The van der Waals surface area contributed by atoms with E-state index < -0.39 is 0 Å². The van der Waals surface area contributed by atoms with Gasteiger partial charge in [0.2, 0.25) is 0 Å². The Morgan fingerprint density at radius 3 is 2.79 bits per heavy atom. The van der Waals surface area contributed by atoms with Crippen LogP contribution in [0.5, 0.6) is 5.75 Å². The van der Waals surface area contributed by atoms with E-state index in [0.29, 0.717) is 12.0 Å². The molecule has 2 atom stereocenters. The standard InChI is InChI=1S/C16H16FNO/c1-10-6-7-11(8-13(10)17)16-9-14(18)12-4-2-3-5-15(12)19-16/h2-8,14,16H,9,18H2,1H3/t14-,16?/m1/s1. The Bertz CT molecular complexity index is 611. The molecule has 3 rings (SSSR count). The van der Waals surface area contributed by atoms with E-state index in [9.17, 15) is 4.39 Å². The quantitative estimate of drug-likeness (QED) is 0.846. The van der Waals surface area contributed by atoms with E-state index in [0.717, 1.165) is 16.9 Å². The normalized spacial score (nSPS) is 21.6. The average Bonchev–Trinajstić information content (AvgIpc) is 2.42. The molecule has 0 amide bonds. The van der Waals surface area contributed by atoms with Gasteiger partial charge in [-0.05, 0) is 30.2 Å². The molecule has 98 valence electrons. The van der Waals surface area contributed by atoms with E-state index >= 15 is 0 Å². The first-order valence-corrected chi connectivity index (χ1v) is 6.42. The van der Waals surface area contributed by atoms with Crippen molar-refractivity contribution >= 4 is 0 Å². The first-order valence-electron chi connectivity index (χ1n) is 6.42. The monoisotopic (exact) mass is 257 g/mol. The number of fused-ring (bicyclic) bond motifs is 1. The summed E-state index contributed by atoms with van der Waals surface area (Å²) in [5.41, 5.74) is 8.67. The van der Waals surface area contributed by atoms with Crippen molar-refractivity contribution in [3.8, 4) is 5.75 Å². The van der Waals surface area contributed by atoms with Crippen LogP contribution < -0.4 is 10.5 Å². The lowest BCUT2D eigenvalue weighted by molar-refractivity contribution is 0.161. The highest BCUT2D eigenvalue weighted by Gasteiger charge is 2.26. The van der Waals surface area contributed by atoms with E-state index in [-0.39, 0.29) is 18.0 Å². The van der Waals surface area contributed by atoms with E-state index in [1.807, 2.05) is 30.3 Å². The van der Waals surface area contributed by atoms with Crippen molar-refractivity contribution < 1.29 is 9.13 Å². The summed E-state index contributed by atoms with van der Waals surface area (Å²) in [4.78, 5) is 0. The largest absolute Gasteiger partial charge is 0.485 e. The molecule has 1 aliphatic heterocycles. The predicted octanol–water partition coefficient (Wildman–Crippen LogP) is 3.66. The second-order valence-corrected chi connectivity index (χ2v) is 5.00. The Balaban J connectivity index is 1.94. The Kier molecular flexibility index (Phi) is 2.99. The number of hydrogen-bond donors (Lipinski definition) is 1. The highest BCUT2D eigenvalue weighted by atomic mass is 19.1. The maximum Gasteiger partial charge on any atom is 0.126 e. The van der Waals surface area contributed by atoms with Crippen molar-refractivity contribution in [2.24, 2.45) is 5.73 Å². The third-order valence-corrected chi connectivity index (χ3v) is 3.62. The smallest absolute Gasteiger partial charge is 0.126 e. The van der Waals surface area contributed by atoms with Crippen molar-refractivity contribution in [1.29, 1.82) is 0 Å². The number of ether oxygens (including phenoxy) is 1. The van der Waals surface area contributed by atoms with Gasteiger partial charge < -0.3 is 10.5 Å². The van der Waals surface area contributed by atoms with E-state index in [1.54, 1.807) is 19.1 Å². The van der Waals surface area contributed by atoms with Crippen LogP contribution in [0, 0.1) is 12.7 Å². The van der Waals surface area contributed by atoms with Gasteiger partial charge in [-0.25, -0.2) is 4.39 Å². The van der Waals surface area contributed by atoms with Gasteiger partial charge >= 0.3 is 0 Å². The molecule has 1 unspecified atom stereocenters. The van der Waals surface area contributed by atoms with Crippen LogP contribution in [-0.4, -0.2) is 0 Å². The zero-order chi connectivity index (χ0) is 13.4. The summed E-state index contributed by atoms with van der Waals surface area (Å²) < 4.78 is 19.6. The molecule has 2 N–H and O–H groups in total. The van der Waals surface area contributed by atoms with Crippen LogP contribution in [0.15, 0.2) is 42.5 Å². The minimum Gasteiger partial charge on any atom is -0.485 e. The van der Waals surface area contributed by atoms with Gasteiger partial charge in [-0.15, -0.1) is 0 Å². The van der Waals surface area contributed by atoms with Crippen molar-refractivity contribution in [2.75, 3.05) is 0 Å². The predicted molar refractivity (Wildman–Crippen MR) is 72.5 cm³/mol. The number of aryl methyl sites for hydroxylation is 1. The zero-order valence-corrected chi connectivity index (χ0v) is 10.8. The molecule has 0 saturated carbocycles. The molecule has 0 radical (unpaired) electrons. The fourth-order valence-electron chi connectivity index (χ4n) is 2.47.